The van der Waals surface area contributed by atoms with Crippen LogP contribution in [0.1, 0.15) is 5.56 Å². The van der Waals surface area contributed by atoms with Crippen molar-refractivity contribution >= 4 is 46.6 Å². The van der Waals surface area contributed by atoms with Crippen LogP contribution in [0.2, 0.25) is 0 Å². The maximum Gasteiger partial charge on any atom is 0.418 e. The van der Waals surface area contributed by atoms with Crippen LogP contribution in [0.3, 0.4) is 0 Å². The molecular formula is C24H19F3N6OS. The van der Waals surface area contributed by atoms with Crippen LogP contribution in [0.25, 0.3) is 0 Å². The zero-order chi connectivity index (χ0) is 24.7. The van der Waals surface area contributed by atoms with Gasteiger partial charge in [0.1, 0.15) is 0 Å². The van der Waals surface area contributed by atoms with Gasteiger partial charge in [0, 0.05) is 11.4 Å². The van der Waals surface area contributed by atoms with E-state index in [0.717, 1.165) is 29.2 Å². The lowest BCUT2D eigenvalue weighted by Crippen LogP contribution is -2.18. The number of hydrogen-bond acceptors (Lipinski definition) is 7. The number of amides is 1. The molecule has 0 atom stereocenters. The van der Waals surface area contributed by atoms with E-state index in [1.54, 1.807) is 0 Å². The van der Waals surface area contributed by atoms with Crippen molar-refractivity contribution in [2.24, 2.45) is 0 Å². The molecule has 35 heavy (non-hydrogen) atoms. The molecule has 0 fully saturated rings. The molecule has 0 bridgehead atoms. The van der Waals surface area contributed by atoms with E-state index in [9.17, 15) is 18.0 Å². The maximum absolute atomic E-state index is 13.2. The van der Waals surface area contributed by atoms with E-state index in [0.29, 0.717) is 0 Å². The van der Waals surface area contributed by atoms with Crippen molar-refractivity contribution in [1.29, 1.82) is 0 Å². The summed E-state index contributed by atoms with van der Waals surface area (Å²) in [7, 11) is 0. The monoisotopic (exact) mass is 496 g/mol. The molecule has 0 aliphatic carbocycles. The van der Waals surface area contributed by atoms with Crippen LogP contribution in [0.5, 0.6) is 0 Å². The highest BCUT2D eigenvalue weighted by molar-refractivity contribution is 7.99. The largest absolute Gasteiger partial charge is 0.418 e. The summed E-state index contributed by atoms with van der Waals surface area (Å²) in [5.74, 6) is -0.335. The van der Waals surface area contributed by atoms with Crippen LogP contribution in [-0.4, -0.2) is 26.6 Å². The number of hydrogen-bond donors (Lipinski definition) is 3. The highest BCUT2D eigenvalue weighted by Crippen LogP contribution is 2.34. The van der Waals surface area contributed by atoms with Gasteiger partial charge in [-0.1, -0.05) is 60.3 Å². The predicted octanol–water partition coefficient (Wildman–Crippen LogP) is 6.11. The minimum absolute atomic E-state index is 0.203. The summed E-state index contributed by atoms with van der Waals surface area (Å²) in [5.41, 5.74) is 0.282. The average Bonchev–Trinajstić information content (AvgIpc) is 2.84. The molecule has 0 aliphatic heterocycles. The summed E-state index contributed by atoms with van der Waals surface area (Å²) in [6.07, 6.45) is -4.58. The Kier molecular flexibility index (Phi) is 7.46. The SMILES string of the molecule is O=C(CSc1nc(Nc2ccccc2)nc(Nc2ccccc2)n1)Nc1ccccc1C(F)(F)F. The lowest BCUT2D eigenvalue weighted by Gasteiger charge is -2.13. The summed E-state index contributed by atoms with van der Waals surface area (Å²) < 4.78 is 39.6. The first-order valence-electron chi connectivity index (χ1n) is 10.4. The van der Waals surface area contributed by atoms with E-state index in [2.05, 4.69) is 30.9 Å². The molecule has 178 valence electrons. The number of benzene rings is 3. The molecule has 1 aromatic heterocycles. The Morgan fingerprint density at radius 3 is 1.80 bits per heavy atom. The van der Waals surface area contributed by atoms with Crippen molar-refractivity contribution in [3.05, 3.63) is 90.5 Å². The predicted molar refractivity (Wildman–Crippen MR) is 130 cm³/mol. The second kappa shape index (κ2) is 10.9. The van der Waals surface area contributed by atoms with Gasteiger partial charge >= 0.3 is 6.18 Å². The van der Waals surface area contributed by atoms with E-state index < -0.39 is 17.6 Å². The van der Waals surface area contributed by atoms with Crippen molar-refractivity contribution < 1.29 is 18.0 Å². The molecule has 0 saturated heterocycles. The average molecular weight is 497 g/mol. The standard InChI is InChI=1S/C24H19F3N6OS/c25-24(26,27)18-13-7-8-14-19(18)30-20(34)15-35-23-32-21(28-16-9-3-1-4-10-16)31-22(33-23)29-17-11-5-2-6-12-17/h1-14H,15H2,(H,30,34)(H2,28,29,31,32,33). The summed E-state index contributed by atoms with van der Waals surface area (Å²) >= 11 is 0.975. The summed E-state index contributed by atoms with van der Waals surface area (Å²) in [5, 5.41) is 8.69. The normalized spacial score (nSPS) is 11.1. The fourth-order valence-corrected chi connectivity index (χ4v) is 3.62. The second-order valence-corrected chi connectivity index (χ2v) is 8.07. The number of aromatic nitrogens is 3. The van der Waals surface area contributed by atoms with Crippen molar-refractivity contribution in [2.75, 3.05) is 21.7 Å². The van der Waals surface area contributed by atoms with E-state index in [1.165, 1.54) is 18.2 Å². The smallest absolute Gasteiger partial charge is 0.325 e. The van der Waals surface area contributed by atoms with Gasteiger partial charge in [0.15, 0.2) is 5.16 Å². The van der Waals surface area contributed by atoms with Gasteiger partial charge in [-0.3, -0.25) is 4.79 Å². The molecule has 3 aromatic carbocycles. The maximum atomic E-state index is 13.2. The van der Waals surface area contributed by atoms with Crippen LogP contribution < -0.4 is 16.0 Å². The second-order valence-electron chi connectivity index (χ2n) is 7.13. The first-order chi connectivity index (χ1) is 16.9. The number of nitrogens with zero attached hydrogens (tertiary/aromatic N) is 3. The third-order valence-corrected chi connectivity index (χ3v) is 5.36. The lowest BCUT2D eigenvalue weighted by atomic mass is 10.1. The molecule has 1 amide bonds. The van der Waals surface area contributed by atoms with E-state index in [1.807, 2.05) is 60.7 Å². The van der Waals surface area contributed by atoms with Crippen molar-refractivity contribution in [3.8, 4) is 0 Å². The molecule has 0 spiro atoms. The third kappa shape index (κ3) is 6.93. The number of alkyl halides is 3. The highest BCUT2D eigenvalue weighted by Gasteiger charge is 2.33. The van der Waals surface area contributed by atoms with Gasteiger partial charge in [0.2, 0.25) is 17.8 Å². The number of para-hydroxylation sites is 3. The molecule has 4 aromatic rings. The number of rotatable bonds is 8. The van der Waals surface area contributed by atoms with Crippen LogP contribution in [0.15, 0.2) is 90.1 Å². The van der Waals surface area contributed by atoms with Gasteiger partial charge in [-0.05, 0) is 36.4 Å². The minimum atomic E-state index is -4.58. The number of nitrogens with one attached hydrogen (secondary N) is 3. The molecule has 0 aliphatic rings. The first kappa shape index (κ1) is 24.0. The van der Waals surface area contributed by atoms with Crippen LogP contribution >= 0.6 is 11.8 Å². The molecule has 7 nitrogen and oxygen atoms in total. The quantitative estimate of drug-likeness (QED) is 0.254. The number of halogens is 3. The van der Waals surface area contributed by atoms with Crippen molar-refractivity contribution in [2.45, 2.75) is 11.3 Å². The molecule has 11 heteroatoms. The molecule has 3 N–H and O–H groups in total. The summed E-state index contributed by atoms with van der Waals surface area (Å²) in [6.45, 7) is 0. The Hall–Kier alpha value is -4.12. The Balaban J connectivity index is 1.50. The van der Waals surface area contributed by atoms with E-state index >= 15 is 0 Å². The fraction of sp³-hybridized carbons (Fsp3) is 0.0833. The van der Waals surface area contributed by atoms with Gasteiger partial charge in [-0.15, -0.1) is 0 Å². The van der Waals surface area contributed by atoms with Crippen molar-refractivity contribution in [1.82, 2.24) is 15.0 Å². The highest BCUT2D eigenvalue weighted by atomic mass is 32.2. The van der Waals surface area contributed by atoms with Gasteiger partial charge in [0.25, 0.3) is 0 Å². The van der Waals surface area contributed by atoms with Crippen LogP contribution in [0, 0.1) is 0 Å². The summed E-state index contributed by atoms with van der Waals surface area (Å²) in [6, 6.07) is 23.3. The third-order valence-electron chi connectivity index (χ3n) is 4.51. The van der Waals surface area contributed by atoms with Gasteiger partial charge in [0.05, 0.1) is 17.0 Å². The Labute approximate surface area is 203 Å². The van der Waals surface area contributed by atoms with Crippen LogP contribution in [-0.2, 0) is 11.0 Å². The molecule has 0 unspecified atom stereocenters. The lowest BCUT2D eigenvalue weighted by molar-refractivity contribution is -0.137. The molecule has 0 radical (unpaired) electrons. The van der Waals surface area contributed by atoms with E-state index in [-0.39, 0.29) is 28.5 Å². The van der Waals surface area contributed by atoms with Gasteiger partial charge in [-0.2, -0.15) is 28.1 Å². The van der Waals surface area contributed by atoms with E-state index in [4.69, 9.17) is 0 Å². The topological polar surface area (TPSA) is 91.8 Å². The Bertz CT molecular complexity index is 1230. The van der Waals surface area contributed by atoms with Crippen molar-refractivity contribution in [3.63, 3.8) is 0 Å². The Morgan fingerprint density at radius 2 is 1.26 bits per heavy atom. The number of carbonyl (C=O) groups is 1. The number of carbonyl (C=O) groups excluding carboxylic acids is 1. The summed E-state index contributed by atoms with van der Waals surface area (Å²) in [4.78, 5) is 25.5. The molecular weight excluding hydrogens is 477 g/mol. The van der Waals surface area contributed by atoms with Crippen LogP contribution in [0.4, 0.5) is 42.1 Å². The zero-order valence-corrected chi connectivity index (χ0v) is 18.9. The van der Waals surface area contributed by atoms with Gasteiger partial charge in [-0.25, -0.2) is 0 Å². The number of thioether (sulfide) groups is 1. The zero-order valence-electron chi connectivity index (χ0n) is 18.1. The molecule has 4 rings (SSSR count). The first-order valence-corrected chi connectivity index (χ1v) is 11.3. The minimum Gasteiger partial charge on any atom is -0.325 e. The Morgan fingerprint density at radius 1 is 0.743 bits per heavy atom. The number of anilines is 5. The van der Waals surface area contributed by atoms with Gasteiger partial charge < -0.3 is 16.0 Å². The molecule has 0 saturated carbocycles. The molecule has 1 heterocycles. The fourth-order valence-electron chi connectivity index (χ4n) is 2.99.